The summed E-state index contributed by atoms with van der Waals surface area (Å²) in [4.78, 5) is 14.1. The van der Waals surface area contributed by atoms with E-state index in [1.54, 1.807) is 0 Å². The molecule has 5 nitrogen and oxygen atoms in total. The lowest BCUT2D eigenvalue weighted by Crippen LogP contribution is -2.43. The van der Waals surface area contributed by atoms with Crippen LogP contribution in [0.15, 0.2) is 54.6 Å². The zero-order chi connectivity index (χ0) is 15.9. The van der Waals surface area contributed by atoms with Crippen molar-refractivity contribution in [2.75, 3.05) is 36.4 Å². The fraction of sp³-hybridized carbons (Fsp3) is 0.278. The number of benzene rings is 2. The van der Waals surface area contributed by atoms with E-state index in [2.05, 4.69) is 15.5 Å². The van der Waals surface area contributed by atoms with Gasteiger partial charge in [-0.1, -0.05) is 30.3 Å². The number of anilines is 2. The Morgan fingerprint density at radius 2 is 1.74 bits per heavy atom. The summed E-state index contributed by atoms with van der Waals surface area (Å²) in [6, 6.07) is 17.5. The quantitative estimate of drug-likeness (QED) is 0.911. The van der Waals surface area contributed by atoms with E-state index in [4.69, 9.17) is 4.74 Å². The third-order valence-corrected chi connectivity index (χ3v) is 3.81. The average Bonchev–Trinajstić information content (AvgIpc) is 2.62. The largest absolute Gasteiger partial charge is 0.444 e. The Balaban J connectivity index is 1.50. The number of rotatable bonds is 4. The summed E-state index contributed by atoms with van der Waals surface area (Å²) in [6.45, 7) is 4.29. The van der Waals surface area contributed by atoms with Gasteiger partial charge >= 0.3 is 6.09 Å². The Kier molecular flexibility index (Phi) is 5.11. The molecule has 0 aliphatic carbocycles. The van der Waals surface area contributed by atoms with E-state index >= 15 is 0 Å². The molecule has 1 heterocycles. The highest BCUT2D eigenvalue weighted by Crippen LogP contribution is 2.18. The summed E-state index contributed by atoms with van der Waals surface area (Å²) in [7, 11) is 0. The van der Waals surface area contributed by atoms with Gasteiger partial charge in [-0.3, -0.25) is 5.32 Å². The molecular formula is C18H21N3O2. The number of carbonyl (C=O) groups excluding carboxylic acids is 1. The zero-order valence-corrected chi connectivity index (χ0v) is 13.0. The Hall–Kier alpha value is -2.53. The molecule has 23 heavy (non-hydrogen) atoms. The van der Waals surface area contributed by atoms with Gasteiger partial charge in [0.15, 0.2) is 0 Å². The van der Waals surface area contributed by atoms with Gasteiger partial charge in [0, 0.05) is 37.6 Å². The van der Waals surface area contributed by atoms with E-state index < -0.39 is 6.09 Å². The van der Waals surface area contributed by atoms with Crippen molar-refractivity contribution in [2.45, 2.75) is 6.61 Å². The van der Waals surface area contributed by atoms with Gasteiger partial charge in [0.25, 0.3) is 0 Å². The number of ether oxygens (including phenoxy) is 1. The fourth-order valence-electron chi connectivity index (χ4n) is 2.56. The van der Waals surface area contributed by atoms with Crippen LogP contribution in [0.1, 0.15) is 5.56 Å². The van der Waals surface area contributed by atoms with Crippen LogP contribution in [0.25, 0.3) is 0 Å². The van der Waals surface area contributed by atoms with E-state index in [1.165, 1.54) is 5.69 Å². The summed E-state index contributed by atoms with van der Waals surface area (Å²) in [5.74, 6) is 0. The van der Waals surface area contributed by atoms with Crippen LogP contribution in [0.2, 0.25) is 0 Å². The highest BCUT2D eigenvalue weighted by Gasteiger charge is 2.10. The minimum absolute atomic E-state index is 0.269. The molecule has 0 aromatic heterocycles. The molecular weight excluding hydrogens is 290 g/mol. The van der Waals surface area contributed by atoms with Crippen LogP contribution >= 0.6 is 0 Å². The number of hydrogen-bond acceptors (Lipinski definition) is 4. The van der Waals surface area contributed by atoms with Gasteiger partial charge in [0.1, 0.15) is 6.61 Å². The highest BCUT2D eigenvalue weighted by molar-refractivity contribution is 5.84. The minimum Gasteiger partial charge on any atom is -0.444 e. The zero-order valence-electron chi connectivity index (χ0n) is 13.0. The third kappa shape index (κ3) is 4.47. The molecule has 1 amide bonds. The fourth-order valence-corrected chi connectivity index (χ4v) is 2.56. The van der Waals surface area contributed by atoms with Gasteiger partial charge in [0.05, 0.1) is 0 Å². The number of hydrogen-bond donors (Lipinski definition) is 2. The van der Waals surface area contributed by atoms with Gasteiger partial charge in [-0.25, -0.2) is 4.79 Å². The molecule has 1 saturated heterocycles. The lowest BCUT2D eigenvalue weighted by Gasteiger charge is -2.29. The summed E-state index contributed by atoms with van der Waals surface area (Å²) >= 11 is 0. The summed E-state index contributed by atoms with van der Waals surface area (Å²) in [6.07, 6.45) is -0.441. The molecule has 0 bridgehead atoms. The van der Waals surface area contributed by atoms with Crippen molar-refractivity contribution in [1.82, 2.24) is 5.32 Å². The molecule has 0 atom stereocenters. The van der Waals surface area contributed by atoms with E-state index in [0.717, 1.165) is 37.4 Å². The van der Waals surface area contributed by atoms with Gasteiger partial charge < -0.3 is 15.0 Å². The Bertz CT molecular complexity index is 622. The van der Waals surface area contributed by atoms with Crippen molar-refractivity contribution in [3.8, 4) is 0 Å². The van der Waals surface area contributed by atoms with E-state index in [0.29, 0.717) is 0 Å². The van der Waals surface area contributed by atoms with Crippen molar-refractivity contribution in [2.24, 2.45) is 0 Å². The van der Waals surface area contributed by atoms with Crippen molar-refractivity contribution >= 4 is 17.5 Å². The predicted octanol–water partition coefficient (Wildman–Crippen LogP) is 2.84. The maximum atomic E-state index is 11.8. The van der Waals surface area contributed by atoms with E-state index in [9.17, 15) is 4.79 Å². The van der Waals surface area contributed by atoms with Gasteiger partial charge in [-0.2, -0.15) is 0 Å². The highest BCUT2D eigenvalue weighted by atomic mass is 16.5. The lowest BCUT2D eigenvalue weighted by molar-refractivity contribution is 0.155. The normalized spacial score (nSPS) is 14.3. The monoisotopic (exact) mass is 311 g/mol. The van der Waals surface area contributed by atoms with Gasteiger partial charge in [-0.05, 0) is 29.8 Å². The molecule has 2 N–H and O–H groups in total. The summed E-state index contributed by atoms with van der Waals surface area (Å²) in [5.41, 5.74) is 2.88. The van der Waals surface area contributed by atoms with Gasteiger partial charge in [-0.15, -0.1) is 0 Å². The standard InChI is InChI=1S/C18H21N3O2/c22-18(23-14-15-4-2-1-3-5-15)20-16-6-8-17(9-7-16)21-12-10-19-11-13-21/h1-9,19H,10-14H2,(H,20,22). The molecule has 3 rings (SSSR count). The Morgan fingerprint density at radius 3 is 2.43 bits per heavy atom. The maximum Gasteiger partial charge on any atom is 0.411 e. The lowest BCUT2D eigenvalue weighted by atomic mass is 10.2. The van der Waals surface area contributed by atoms with Crippen molar-refractivity contribution in [3.05, 3.63) is 60.2 Å². The molecule has 120 valence electrons. The first-order valence-electron chi connectivity index (χ1n) is 7.85. The van der Waals surface area contributed by atoms with E-state index in [1.807, 2.05) is 54.6 Å². The van der Waals surface area contributed by atoms with Crippen LogP contribution in [-0.4, -0.2) is 32.3 Å². The van der Waals surface area contributed by atoms with Crippen LogP contribution in [0.4, 0.5) is 16.2 Å². The average molecular weight is 311 g/mol. The molecule has 1 aliphatic rings. The Morgan fingerprint density at radius 1 is 1.04 bits per heavy atom. The SMILES string of the molecule is O=C(Nc1ccc(N2CCNCC2)cc1)OCc1ccccc1. The second-order valence-corrected chi connectivity index (χ2v) is 5.47. The van der Waals surface area contributed by atoms with Crippen molar-refractivity contribution in [1.29, 1.82) is 0 Å². The number of piperazine rings is 1. The Labute approximate surface area is 136 Å². The van der Waals surface area contributed by atoms with Crippen LogP contribution in [-0.2, 0) is 11.3 Å². The molecule has 0 spiro atoms. The van der Waals surface area contributed by atoms with Crippen LogP contribution in [0.3, 0.4) is 0 Å². The topological polar surface area (TPSA) is 53.6 Å². The number of amides is 1. The predicted molar refractivity (Wildman–Crippen MR) is 91.8 cm³/mol. The van der Waals surface area contributed by atoms with Crippen molar-refractivity contribution in [3.63, 3.8) is 0 Å². The van der Waals surface area contributed by atoms with Crippen LogP contribution in [0, 0.1) is 0 Å². The van der Waals surface area contributed by atoms with Gasteiger partial charge in [0.2, 0.25) is 0 Å². The van der Waals surface area contributed by atoms with Crippen molar-refractivity contribution < 1.29 is 9.53 Å². The summed E-state index contributed by atoms with van der Waals surface area (Å²) < 4.78 is 5.21. The number of carbonyl (C=O) groups is 1. The minimum atomic E-state index is -0.441. The van der Waals surface area contributed by atoms with Crippen LogP contribution in [0.5, 0.6) is 0 Å². The smallest absolute Gasteiger partial charge is 0.411 e. The molecule has 0 radical (unpaired) electrons. The molecule has 0 saturated carbocycles. The summed E-state index contributed by atoms with van der Waals surface area (Å²) in [5, 5.41) is 6.08. The second-order valence-electron chi connectivity index (χ2n) is 5.47. The molecule has 2 aromatic rings. The first kappa shape index (κ1) is 15.4. The molecule has 0 unspecified atom stereocenters. The third-order valence-electron chi connectivity index (χ3n) is 3.81. The molecule has 2 aromatic carbocycles. The number of nitrogens with zero attached hydrogens (tertiary/aromatic N) is 1. The second kappa shape index (κ2) is 7.65. The maximum absolute atomic E-state index is 11.8. The molecule has 1 fully saturated rings. The van der Waals surface area contributed by atoms with E-state index in [-0.39, 0.29) is 6.61 Å². The number of nitrogens with one attached hydrogen (secondary N) is 2. The first-order chi connectivity index (χ1) is 11.3. The van der Waals surface area contributed by atoms with Crippen LogP contribution < -0.4 is 15.5 Å². The molecule has 1 aliphatic heterocycles. The first-order valence-corrected chi connectivity index (χ1v) is 7.85. The molecule has 5 heteroatoms.